The van der Waals surface area contributed by atoms with Gasteiger partial charge in [0.2, 0.25) is 0 Å². The van der Waals surface area contributed by atoms with E-state index in [1.165, 1.54) is 5.56 Å². The van der Waals surface area contributed by atoms with Crippen LogP contribution in [0.25, 0.3) is 0 Å². The first kappa shape index (κ1) is 21.7. The zero-order valence-electron chi connectivity index (χ0n) is 14.7. The van der Waals surface area contributed by atoms with Crippen LogP contribution in [0.2, 0.25) is 0 Å². The second-order valence-corrected chi connectivity index (χ2v) is 6.66. The lowest BCUT2D eigenvalue weighted by Gasteiger charge is -2.21. The fourth-order valence-electron chi connectivity index (χ4n) is 2.52. The molecule has 0 aromatic carbocycles. The van der Waals surface area contributed by atoms with Crippen molar-refractivity contribution in [3.8, 4) is 0 Å². The largest absolute Gasteiger partial charge is 0.381 e. The number of aliphatic imine (C=N–C) groups is 1. The standard InChI is InChI=1S/C17H29N3O2S.HI/c1-3-18-17(20(2)11-15-6-10-23-14-15)19-7-4-8-21-12-16-5-9-22-13-16;/h6,10,14,16H,3-5,7-9,11-13H2,1-2H3,(H,18,19);1H. The minimum absolute atomic E-state index is 0. The number of ether oxygens (including phenoxy) is 2. The number of hydrogen-bond acceptors (Lipinski definition) is 4. The maximum atomic E-state index is 5.72. The highest BCUT2D eigenvalue weighted by atomic mass is 127. The number of halogens is 1. The number of nitrogens with zero attached hydrogens (tertiary/aromatic N) is 2. The van der Waals surface area contributed by atoms with Gasteiger partial charge in [0, 0.05) is 45.8 Å². The molecule has 7 heteroatoms. The molecule has 0 radical (unpaired) electrons. The highest BCUT2D eigenvalue weighted by Gasteiger charge is 2.15. The molecule has 5 nitrogen and oxygen atoms in total. The normalized spacial score (nSPS) is 17.6. The SMILES string of the molecule is CCNC(=NCCCOCC1CCOC1)N(C)Cc1ccsc1.I. The third kappa shape index (κ3) is 8.13. The molecule has 1 atom stereocenters. The number of rotatable bonds is 9. The Balaban J connectivity index is 0.00000288. The zero-order valence-corrected chi connectivity index (χ0v) is 17.8. The number of nitrogens with one attached hydrogen (secondary N) is 1. The Kier molecular flexibility index (Phi) is 11.7. The molecule has 0 aliphatic carbocycles. The lowest BCUT2D eigenvalue weighted by molar-refractivity contribution is 0.0893. The third-order valence-electron chi connectivity index (χ3n) is 3.78. The highest BCUT2D eigenvalue weighted by Crippen LogP contribution is 2.12. The molecular formula is C17H30IN3O2S. The molecule has 24 heavy (non-hydrogen) atoms. The molecule has 2 rings (SSSR count). The van der Waals surface area contributed by atoms with Crippen LogP contribution in [0.5, 0.6) is 0 Å². The van der Waals surface area contributed by atoms with Crippen molar-refractivity contribution in [3.05, 3.63) is 22.4 Å². The van der Waals surface area contributed by atoms with Crippen LogP contribution in [0, 0.1) is 5.92 Å². The van der Waals surface area contributed by atoms with Crippen LogP contribution >= 0.6 is 35.3 Å². The quantitative estimate of drug-likeness (QED) is 0.262. The fraction of sp³-hybridized carbons (Fsp3) is 0.706. The van der Waals surface area contributed by atoms with Crippen molar-refractivity contribution in [2.24, 2.45) is 10.9 Å². The summed E-state index contributed by atoms with van der Waals surface area (Å²) in [7, 11) is 2.08. The van der Waals surface area contributed by atoms with Gasteiger partial charge in [0.05, 0.1) is 13.2 Å². The van der Waals surface area contributed by atoms with Gasteiger partial charge >= 0.3 is 0 Å². The second kappa shape index (κ2) is 12.9. The maximum absolute atomic E-state index is 5.72. The summed E-state index contributed by atoms with van der Waals surface area (Å²) < 4.78 is 11.1. The van der Waals surface area contributed by atoms with Crippen molar-refractivity contribution in [2.45, 2.75) is 26.3 Å². The molecule has 0 saturated carbocycles. The van der Waals surface area contributed by atoms with Crippen LogP contribution in [0.1, 0.15) is 25.3 Å². The summed E-state index contributed by atoms with van der Waals surface area (Å²) in [6.07, 6.45) is 2.09. The van der Waals surface area contributed by atoms with Crippen molar-refractivity contribution in [3.63, 3.8) is 0 Å². The van der Waals surface area contributed by atoms with Crippen molar-refractivity contribution < 1.29 is 9.47 Å². The Morgan fingerprint density at radius 3 is 3.08 bits per heavy atom. The number of hydrogen-bond donors (Lipinski definition) is 1. The van der Waals surface area contributed by atoms with Crippen molar-refractivity contribution >= 4 is 41.3 Å². The smallest absolute Gasteiger partial charge is 0.193 e. The summed E-state index contributed by atoms with van der Waals surface area (Å²) in [6.45, 7) is 7.99. The molecule has 0 spiro atoms. The summed E-state index contributed by atoms with van der Waals surface area (Å²) in [6, 6.07) is 2.16. The van der Waals surface area contributed by atoms with E-state index in [-0.39, 0.29) is 24.0 Å². The molecule has 0 bridgehead atoms. The average molecular weight is 467 g/mol. The van der Waals surface area contributed by atoms with Gasteiger partial charge in [-0.05, 0) is 42.2 Å². The zero-order chi connectivity index (χ0) is 16.3. The molecule has 1 aliphatic rings. The molecule has 1 N–H and O–H groups in total. The minimum atomic E-state index is 0. The topological polar surface area (TPSA) is 46.1 Å². The average Bonchev–Trinajstić information content (AvgIpc) is 3.23. The van der Waals surface area contributed by atoms with Gasteiger partial charge < -0.3 is 19.7 Å². The number of guanidine groups is 1. The lowest BCUT2D eigenvalue weighted by atomic mass is 10.1. The van der Waals surface area contributed by atoms with Gasteiger partial charge in [0.15, 0.2) is 5.96 Å². The Hall–Kier alpha value is -0.380. The van der Waals surface area contributed by atoms with Gasteiger partial charge in [0.25, 0.3) is 0 Å². The molecule has 138 valence electrons. The van der Waals surface area contributed by atoms with Crippen LogP contribution < -0.4 is 5.32 Å². The fourth-order valence-corrected chi connectivity index (χ4v) is 3.18. The van der Waals surface area contributed by atoms with E-state index in [1.54, 1.807) is 11.3 Å². The molecule has 1 unspecified atom stereocenters. The first-order chi connectivity index (χ1) is 11.3. The van der Waals surface area contributed by atoms with E-state index >= 15 is 0 Å². The molecule has 2 heterocycles. The van der Waals surface area contributed by atoms with Crippen LogP contribution in [-0.4, -0.2) is 57.4 Å². The van der Waals surface area contributed by atoms with Crippen LogP contribution in [0.4, 0.5) is 0 Å². The van der Waals surface area contributed by atoms with E-state index in [9.17, 15) is 0 Å². The van der Waals surface area contributed by atoms with E-state index in [0.717, 1.165) is 64.9 Å². The van der Waals surface area contributed by atoms with Gasteiger partial charge in [-0.3, -0.25) is 4.99 Å². The highest BCUT2D eigenvalue weighted by molar-refractivity contribution is 14.0. The van der Waals surface area contributed by atoms with Crippen molar-refractivity contribution in [2.75, 3.05) is 46.6 Å². The van der Waals surface area contributed by atoms with Gasteiger partial charge in [-0.1, -0.05) is 0 Å². The van der Waals surface area contributed by atoms with E-state index in [1.807, 2.05) is 0 Å². The van der Waals surface area contributed by atoms with Gasteiger partial charge in [-0.15, -0.1) is 24.0 Å². The Labute approximate surface area is 166 Å². The molecular weight excluding hydrogens is 437 g/mol. The van der Waals surface area contributed by atoms with Crippen LogP contribution in [0.3, 0.4) is 0 Å². The predicted octanol–water partition coefficient (Wildman–Crippen LogP) is 3.21. The first-order valence-corrected chi connectivity index (χ1v) is 9.40. The molecule has 1 aromatic rings. The van der Waals surface area contributed by atoms with E-state index in [0.29, 0.717) is 5.92 Å². The summed E-state index contributed by atoms with van der Waals surface area (Å²) in [4.78, 5) is 6.86. The molecule has 1 aromatic heterocycles. The third-order valence-corrected chi connectivity index (χ3v) is 4.51. The molecule has 1 fully saturated rings. The summed E-state index contributed by atoms with van der Waals surface area (Å²) >= 11 is 1.73. The van der Waals surface area contributed by atoms with Crippen LogP contribution in [0.15, 0.2) is 21.8 Å². The molecule has 1 saturated heterocycles. The summed E-state index contributed by atoms with van der Waals surface area (Å²) in [5.74, 6) is 1.55. The van der Waals surface area contributed by atoms with Crippen molar-refractivity contribution in [1.82, 2.24) is 10.2 Å². The van der Waals surface area contributed by atoms with Crippen molar-refractivity contribution in [1.29, 1.82) is 0 Å². The summed E-state index contributed by atoms with van der Waals surface area (Å²) in [5.41, 5.74) is 1.32. The van der Waals surface area contributed by atoms with Gasteiger partial charge in [-0.2, -0.15) is 11.3 Å². The minimum Gasteiger partial charge on any atom is -0.381 e. The van der Waals surface area contributed by atoms with E-state index in [4.69, 9.17) is 14.5 Å². The molecule has 0 amide bonds. The second-order valence-electron chi connectivity index (χ2n) is 5.88. The Morgan fingerprint density at radius 2 is 2.42 bits per heavy atom. The monoisotopic (exact) mass is 467 g/mol. The lowest BCUT2D eigenvalue weighted by Crippen LogP contribution is -2.38. The first-order valence-electron chi connectivity index (χ1n) is 8.45. The Morgan fingerprint density at radius 1 is 1.54 bits per heavy atom. The van der Waals surface area contributed by atoms with Crippen LogP contribution in [-0.2, 0) is 16.0 Å². The molecule has 1 aliphatic heterocycles. The van der Waals surface area contributed by atoms with E-state index in [2.05, 4.69) is 41.0 Å². The summed E-state index contributed by atoms with van der Waals surface area (Å²) in [5, 5.41) is 7.64. The Bertz CT molecular complexity index is 451. The van der Waals surface area contributed by atoms with Gasteiger partial charge in [-0.25, -0.2) is 0 Å². The van der Waals surface area contributed by atoms with E-state index < -0.39 is 0 Å². The predicted molar refractivity (Wildman–Crippen MR) is 112 cm³/mol. The number of thiophene rings is 1. The van der Waals surface area contributed by atoms with Gasteiger partial charge in [0.1, 0.15) is 0 Å². The maximum Gasteiger partial charge on any atom is 0.193 e.